The maximum Gasteiger partial charge on any atom is 0.155 e. The molecule has 18 heavy (non-hydrogen) atoms. The van der Waals surface area contributed by atoms with Gasteiger partial charge in [0.25, 0.3) is 0 Å². The fourth-order valence-electron chi connectivity index (χ4n) is 2.20. The number of hydrogen-bond acceptors (Lipinski definition) is 4. The molecule has 0 aromatic rings. The predicted octanol–water partition coefficient (Wildman–Crippen LogP) is 1.94. The first kappa shape index (κ1) is 18.3. The van der Waals surface area contributed by atoms with Gasteiger partial charge in [-0.3, -0.25) is 0 Å². The van der Waals surface area contributed by atoms with Crippen molar-refractivity contribution in [1.29, 1.82) is 0 Å². The van der Waals surface area contributed by atoms with Crippen molar-refractivity contribution >= 4 is 19.9 Å². The third-order valence-electron chi connectivity index (χ3n) is 3.01. The van der Waals surface area contributed by atoms with Gasteiger partial charge in [-0.05, 0) is 20.3 Å². The fraction of sp³-hybridized carbons (Fsp3) is 1.00. The molecular weight excluding hydrogens is 247 g/mol. The first-order chi connectivity index (χ1) is 8.46. The Hall–Kier alpha value is 0.295. The van der Waals surface area contributed by atoms with Crippen LogP contribution in [0, 0.1) is 5.92 Å². The molecule has 0 heterocycles. The Balaban J connectivity index is 4.55. The van der Waals surface area contributed by atoms with E-state index in [1.165, 1.54) is 0 Å². The molecule has 0 radical (unpaired) electrons. The standard InChI is InChI=1S/C13H29BO3S/c1-6-11(12(7-15)17-9(2)3)13(14-5)16-8-10(4)18/h9-15,18H,6-8H2,1-5H3/t10-,11+,12+,13?/m0/s1. The summed E-state index contributed by atoms with van der Waals surface area (Å²) in [7, 11) is 0.928. The maximum atomic E-state index is 9.50. The van der Waals surface area contributed by atoms with E-state index in [-0.39, 0.29) is 36.0 Å². The number of hydrogen-bond donors (Lipinski definition) is 2. The molecule has 0 saturated carbocycles. The third kappa shape index (κ3) is 7.02. The number of aliphatic hydroxyl groups excluding tert-OH is 1. The van der Waals surface area contributed by atoms with Gasteiger partial charge in [-0.25, -0.2) is 0 Å². The Bertz CT molecular complexity index is 203. The Labute approximate surface area is 118 Å². The second-order valence-corrected chi connectivity index (χ2v) is 5.99. The van der Waals surface area contributed by atoms with E-state index in [1.54, 1.807) is 0 Å². The summed E-state index contributed by atoms with van der Waals surface area (Å²) in [5.74, 6) is 0.231. The second kappa shape index (κ2) is 10.1. The molecule has 0 aromatic heterocycles. The fourth-order valence-corrected chi connectivity index (χ4v) is 2.29. The number of rotatable bonds is 10. The third-order valence-corrected chi connectivity index (χ3v) is 3.16. The monoisotopic (exact) mass is 276 g/mol. The second-order valence-electron chi connectivity index (χ2n) is 5.11. The first-order valence-corrected chi connectivity index (χ1v) is 7.53. The van der Waals surface area contributed by atoms with E-state index >= 15 is 0 Å². The normalized spacial score (nSPS) is 18.4. The van der Waals surface area contributed by atoms with Crippen LogP contribution in [-0.4, -0.2) is 49.1 Å². The van der Waals surface area contributed by atoms with Crippen LogP contribution in [0.3, 0.4) is 0 Å². The molecule has 0 aliphatic heterocycles. The lowest BCUT2D eigenvalue weighted by molar-refractivity contribution is -0.0838. The molecule has 5 heteroatoms. The lowest BCUT2D eigenvalue weighted by Gasteiger charge is -2.33. The van der Waals surface area contributed by atoms with Gasteiger partial charge in [0.2, 0.25) is 0 Å². The Morgan fingerprint density at radius 3 is 2.22 bits per heavy atom. The molecule has 0 aliphatic carbocycles. The van der Waals surface area contributed by atoms with Crippen LogP contribution in [0.2, 0.25) is 6.82 Å². The van der Waals surface area contributed by atoms with Gasteiger partial charge >= 0.3 is 0 Å². The summed E-state index contributed by atoms with van der Waals surface area (Å²) >= 11 is 4.33. The van der Waals surface area contributed by atoms with Crippen LogP contribution in [-0.2, 0) is 9.47 Å². The summed E-state index contributed by atoms with van der Waals surface area (Å²) in [4.78, 5) is 0. The molecular formula is C13H29BO3S. The lowest BCUT2D eigenvalue weighted by atomic mass is 9.66. The van der Waals surface area contributed by atoms with E-state index in [1.807, 2.05) is 20.8 Å². The predicted molar refractivity (Wildman–Crippen MR) is 82.1 cm³/mol. The smallest absolute Gasteiger partial charge is 0.155 e. The summed E-state index contributed by atoms with van der Waals surface area (Å²) in [6, 6.07) is 0.125. The van der Waals surface area contributed by atoms with E-state index in [9.17, 15) is 5.11 Å². The van der Waals surface area contributed by atoms with Crippen LogP contribution >= 0.6 is 12.6 Å². The summed E-state index contributed by atoms with van der Waals surface area (Å²) in [5, 5.41) is 9.73. The molecule has 0 rings (SSSR count). The van der Waals surface area contributed by atoms with Crippen molar-refractivity contribution in [2.24, 2.45) is 5.92 Å². The number of thiol groups is 1. The van der Waals surface area contributed by atoms with Gasteiger partial charge in [-0.15, -0.1) is 0 Å². The van der Waals surface area contributed by atoms with Crippen molar-refractivity contribution in [3.63, 3.8) is 0 Å². The van der Waals surface area contributed by atoms with E-state index in [4.69, 9.17) is 9.47 Å². The minimum atomic E-state index is -0.143. The van der Waals surface area contributed by atoms with Gasteiger partial charge in [-0.1, -0.05) is 20.7 Å². The van der Waals surface area contributed by atoms with Crippen LogP contribution < -0.4 is 0 Å². The van der Waals surface area contributed by atoms with Crippen LogP contribution in [0.5, 0.6) is 0 Å². The largest absolute Gasteiger partial charge is 0.394 e. The Morgan fingerprint density at radius 1 is 1.28 bits per heavy atom. The minimum absolute atomic E-state index is 0.0486. The topological polar surface area (TPSA) is 38.7 Å². The molecule has 0 saturated heterocycles. The van der Waals surface area contributed by atoms with Crippen LogP contribution in [0.1, 0.15) is 34.1 Å². The average molecular weight is 276 g/mol. The highest BCUT2D eigenvalue weighted by Gasteiger charge is 2.29. The summed E-state index contributed by atoms with van der Waals surface area (Å²) in [6.07, 6.45) is 0.921. The van der Waals surface area contributed by atoms with E-state index in [2.05, 4.69) is 26.4 Å². The molecule has 0 spiro atoms. The molecule has 0 bridgehead atoms. The molecule has 0 amide bonds. The Kier molecular flexibility index (Phi) is 10.3. The SMILES string of the molecule is CBC(OC[C@H](C)S)[C@H](CC)[C@@H](CO)OC(C)C. The summed E-state index contributed by atoms with van der Waals surface area (Å²) in [5.41, 5.74) is 0. The van der Waals surface area contributed by atoms with Crippen molar-refractivity contribution in [3.8, 4) is 0 Å². The summed E-state index contributed by atoms with van der Waals surface area (Å²) < 4.78 is 11.7. The Morgan fingerprint density at radius 2 is 1.89 bits per heavy atom. The molecule has 0 fully saturated rings. The number of ether oxygens (including phenoxy) is 2. The molecule has 4 atom stereocenters. The van der Waals surface area contributed by atoms with Crippen LogP contribution in [0.25, 0.3) is 0 Å². The van der Waals surface area contributed by atoms with Gasteiger partial charge in [0.05, 0.1) is 25.4 Å². The van der Waals surface area contributed by atoms with E-state index in [0.717, 1.165) is 13.7 Å². The quantitative estimate of drug-likeness (QED) is 0.473. The van der Waals surface area contributed by atoms with Crippen molar-refractivity contribution in [3.05, 3.63) is 0 Å². The molecule has 0 aliphatic rings. The highest BCUT2D eigenvalue weighted by molar-refractivity contribution is 7.80. The highest BCUT2D eigenvalue weighted by atomic mass is 32.1. The molecule has 1 unspecified atom stereocenters. The lowest BCUT2D eigenvalue weighted by Crippen LogP contribution is -2.41. The molecule has 3 nitrogen and oxygen atoms in total. The van der Waals surface area contributed by atoms with E-state index in [0.29, 0.717) is 6.61 Å². The zero-order chi connectivity index (χ0) is 14.1. The highest BCUT2D eigenvalue weighted by Crippen LogP contribution is 2.21. The van der Waals surface area contributed by atoms with Gasteiger partial charge < -0.3 is 14.6 Å². The average Bonchev–Trinajstić information content (AvgIpc) is 2.31. The molecule has 1 N–H and O–H groups in total. The minimum Gasteiger partial charge on any atom is -0.394 e. The van der Waals surface area contributed by atoms with Crippen molar-refractivity contribution in [2.75, 3.05) is 13.2 Å². The van der Waals surface area contributed by atoms with Crippen molar-refractivity contribution in [1.82, 2.24) is 0 Å². The number of aliphatic hydroxyl groups is 1. The van der Waals surface area contributed by atoms with Crippen molar-refractivity contribution < 1.29 is 14.6 Å². The zero-order valence-corrected chi connectivity index (χ0v) is 13.3. The van der Waals surface area contributed by atoms with Gasteiger partial charge in [0, 0.05) is 17.2 Å². The molecule has 0 aromatic carbocycles. The van der Waals surface area contributed by atoms with Crippen LogP contribution in [0.4, 0.5) is 0 Å². The molecule has 108 valence electrons. The van der Waals surface area contributed by atoms with Crippen molar-refractivity contribution in [2.45, 2.75) is 64.4 Å². The van der Waals surface area contributed by atoms with Gasteiger partial charge in [0.1, 0.15) is 0 Å². The van der Waals surface area contributed by atoms with Gasteiger partial charge in [0.15, 0.2) is 7.28 Å². The first-order valence-electron chi connectivity index (χ1n) is 7.02. The maximum absolute atomic E-state index is 9.50. The van der Waals surface area contributed by atoms with Gasteiger partial charge in [-0.2, -0.15) is 12.6 Å². The summed E-state index contributed by atoms with van der Waals surface area (Å²) in [6.45, 7) is 10.9. The van der Waals surface area contributed by atoms with E-state index < -0.39 is 0 Å². The zero-order valence-electron chi connectivity index (χ0n) is 12.4. The van der Waals surface area contributed by atoms with Crippen LogP contribution in [0.15, 0.2) is 0 Å².